The predicted octanol–water partition coefficient (Wildman–Crippen LogP) is 5.73. The molecular formula is C23H20N2O2S2. The van der Waals surface area contributed by atoms with Crippen LogP contribution in [-0.4, -0.2) is 17.9 Å². The van der Waals surface area contributed by atoms with Gasteiger partial charge < -0.3 is 10.5 Å². The maximum atomic E-state index is 13.2. The number of ketones is 1. The van der Waals surface area contributed by atoms with Crippen LogP contribution in [0, 0.1) is 0 Å². The smallest absolute Gasteiger partial charge is 0.205 e. The molecule has 2 N–H and O–H groups in total. The van der Waals surface area contributed by atoms with Gasteiger partial charge in [-0.1, -0.05) is 6.07 Å². The summed E-state index contributed by atoms with van der Waals surface area (Å²) >= 11 is 3.12. The number of carbonyl (C=O) groups excluding carboxylic acids is 1. The summed E-state index contributed by atoms with van der Waals surface area (Å²) in [5, 5.41) is 3.03. The molecule has 3 heterocycles. The third-order valence-electron chi connectivity index (χ3n) is 5.48. The lowest BCUT2D eigenvalue weighted by Crippen LogP contribution is -2.07. The van der Waals surface area contributed by atoms with E-state index in [1.54, 1.807) is 42.7 Å². The lowest BCUT2D eigenvalue weighted by Gasteiger charge is -2.19. The Balaban J connectivity index is 1.72. The summed E-state index contributed by atoms with van der Waals surface area (Å²) in [7, 11) is 1.61. The molecule has 0 saturated carbocycles. The Bertz CT molecular complexity index is 1210. The van der Waals surface area contributed by atoms with Crippen LogP contribution >= 0.6 is 22.7 Å². The molecule has 5 rings (SSSR count). The van der Waals surface area contributed by atoms with Crippen molar-refractivity contribution >= 4 is 44.4 Å². The van der Waals surface area contributed by atoms with E-state index in [2.05, 4.69) is 17.5 Å². The number of aromatic nitrogens is 1. The summed E-state index contributed by atoms with van der Waals surface area (Å²) in [5.74, 6) is 0.656. The minimum Gasteiger partial charge on any atom is -0.497 e. The molecule has 1 aliphatic carbocycles. The zero-order valence-corrected chi connectivity index (χ0v) is 17.7. The molecule has 0 spiro atoms. The highest BCUT2D eigenvalue weighted by atomic mass is 32.1. The van der Waals surface area contributed by atoms with Crippen molar-refractivity contribution in [3.8, 4) is 16.2 Å². The molecular weight excluding hydrogens is 400 g/mol. The molecule has 29 heavy (non-hydrogen) atoms. The molecule has 0 bridgehead atoms. The van der Waals surface area contributed by atoms with Gasteiger partial charge in [0.05, 0.1) is 12.8 Å². The highest BCUT2D eigenvalue weighted by molar-refractivity contribution is 7.21. The van der Waals surface area contributed by atoms with Crippen LogP contribution in [0.15, 0.2) is 41.8 Å². The van der Waals surface area contributed by atoms with Gasteiger partial charge in [-0.15, -0.1) is 22.7 Å². The molecule has 0 saturated heterocycles. The van der Waals surface area contributed by atoms with Crippen molar-refractivity contribution < 1.29 is 9.53 Å². The standard InChI is InChI=1S/C23H20N2O2S2/c1-27-14-10-8-13(9-11-14)21(26)22-20(24)19-18(17-7-4-12-28-17)15-5-2-3-6-16(15)25-23(19)29-22/h4,7-12H,2-3,5-6,24H2,1H3. The fourth-order valence-corrected chi connectivity index (χ4v) is 5.93. The highest BCUT2D eigenvalue weighted by Crippen LogP contribution is 2.45. The normalized spacial score (nSPS) is 13.4. The van der Waals surface area contributed by atoms with Gasteiger partial charge in [-0.3, -0.25) is 4.79 Å². The molecule has 0 radical (unpaired) electrons. The molecule has 146 valence electrons. The monoisotopic (exact) mass is 420 g/mol. The van der Waals surface area contributed by atoms with Crippen molar-refractivity contribution in [2.24, 2.45) is 0 Å². The minimum absolute atomic E-state index is 0.0664. The van der Waals surface area contributed by atoms with Crippen LogP contribution in [0.25, 0.3) is 20.7 Å². The number of fused-ring (bicyclic) bond motifs is 2. The van der Waals surface area contributed by atoms with Gasteiger partial charge >= 0.3 is 0 Å². The van der Waals surface area contributed by atoms with E-state index in [1.807, 2.05) is 0 Å². The lowest BCUT2D eigenvalue weighted by molar-refractivity contribution is 0.104. The Hall–Kier alpha value is -2.70. The Labute approximate surface area is 177 Å². The van der Waals surface area contributed by atoms with E-state index in [9.17, 15) is 4.79 Å². The molecule has 1 aromatic carbocycles. The number of hydrogen-bond acceptors (Lipinski definition) is 6. The van der Waals surface area contributed by atoms with Gasteiger partial charge in [-0.05, 0) is 67.0 Å². The number of hydrogen-bond donors (Lipinski definition) is 1. The fourth-order valence-electron chi connectivity index (χ4n) is 4.04. The van der Waals surface area contributed by atoms with Crippen LogP contribution in [0.4, 0.5) is 5.69 Å². The lowest BCUT2D eigenvalue weighted by atomic mass is 9.90. The number of nitrogens with two attached hydrogens (primary N) is 1. The molecule has 4 aromatic rings. The first-order valence-corrected chi connectivity index (χ1v) is 11.3. The van der Waals surface area contributed by atoms with E-state index in [1.165, 1.54) is 33.8 Å². The van der Waals surface area contributed by atoms with Crippen molar-refractivity contribution in [3.63, 3.8) is 0 Å². The first-order valence-electron chi connectivity index (χ1n) is 9.63. The molecule has 0 amide bonds. The average molecular weight is 421 g/mol. The molecule has 0 aliphatic heterocycles. The number of carbonyl (C=O) groups is 1. The number of thiophene rings is 2. The van der Waals surface area contributed by atoms with Crippen LogP contribution in [0.3, 0.4) is 0 Å². The number of aryl methyl sites for hydroxylation is 1. The molecule has 0 fully saturated rings. The van der Waals surface area contributed by atoms with E-state index in [4.69, 9.17) is 15.5 Å². The Morgan fingerprint density at radius 3 is 2.66 bits per heavy atom. The Morgan fingerprint density at radius 2 is 1.93 bits per heavy atom. The quantitative estimate of drug-likeness (QED) is 0.429. The first kappa shape index (κ1) is 18.3. The van der Waals surface area contributed by atoms with Crippen molar-refractivity contribution in [1.29, 1.82) is 0 Å². The number of rotatable bonds is 4. The van der Waals surface area contributed by atoms with Crippen LogP contribution in [-0.2, 0) is 12.8 Å². The van der Waals surface area contributed by atoms with Crippen LogP contribution in [0.5, 0.6) is 5.75 Å². The van der Waals surface area contributed by atoms with Crippen LogP contribution in [0.2, 0.25) is 0 Å². The van der Waals surface area contributed by atoms with Gasteiger partial charge in [0.1, 0.15) is 15.5 Å². The second-order valence-corrected chi connectivity index (χ2v) is 9.13. The van der Waals surface area contributed by atoms with Crippen LogP contribution < -0.4 is 10.5 Å². The van der Waals surface area contributed by atoms with E-state index < -0.39 is 0 Å². The highest BCUT2D eigenvalue weighted by Gasteiger charge is 2.26. The van der Waals surface area contributed by atoms with Crippen LogP contribution in [0.1, 0.15) is 39.3 Å². The molecule has 4 nitrogen and oxygen atoms in total. The largest absolute Gasteiger partial charge is 0.497 e. The predicted molar refractivity (Wildman–Crippen MR) is 120 cm³/mol. The van der Waals surface area contributed by atoms with Gasteiger partial charge in [-0.2, -0.15) is 0 Å². The third-order valence-corrected chi connectivity index (χ3v) is 7.47. The molecule has 1 aliphatic rings. The molecule has 0 unspecified atom stereocenters. The minimum atomic E-state index is -0.0664. The summed E-state index contributed by atoms with van der Waals surface area (Å²) < 4.78 is 5.20. The molecule has 3 aromatic heterocycles. The second-order valence-electron chi connectivity index (χ2n) is 7.18. The number of anilines is 1. The van der Waals surface area contributed by atoms with Gasteiger partial charge in [0.15, 0.2) is 0 Å². The van der Waals surface area contributed by atoms with Crippen molar-refractivity contribution in [2.45, 2.75) is 25.7 Å². The topological polar surface area (TPSA) is 65.2 Å². The average Bonchev–Trinajstić information content (AvgIpc) is 3.40. The summed E-state index contributed by atoms with van der Waals surface area (Å²) in [4.78, 5) is 20.8. The number of methoxy groups -OCH3 is 1. The van der Waals surface area contributed by atoms with Gasteiger partial charge in [0.2, 0.25) is 5.78 Å². The first-order chi connectivity index (χ1) is 14.2. The van der Waals surface area contributed by atoms with Crippen molar-refractivity contribution in [2.75, 3.05) is 12.8 Å². The SMILES string of the molecule is COc1ccc(C(=O)c2sc3nc4c(c(-c5cccs5)c3c2N)CCCC4)cc1. The van der Waals surface area contributed by atoms with E-state index in [-0.39, 0.29) is 5.78 Å². The zero-order valence-electron chi connectivity index (χ0n) is 16.0. The number of ether oxygens (including phenoxy) is 1. The zero-order chi connectivity index (χ0) is 20.0. The second kappa shape index (κ2) is 7.28. The Morgan fingerprint density at radius 1 is 1.14 bits per heavy atom. The van der Waals surface area contributed by atoms with Gasteiger partial charge in [0.25, 0.3) is 0 Å². The Kier molecular flexibility index (Phi) is 4.60. The van der Waals surface area contributed by atoms with Crippen molar-refractivity contribution in [3.05, 3.63) is 63.5 Å². The fraction of sp³-hybridized carbons (Fsp3) is 0.217. The maximum absolute atomic E-state index is 13.2. The summed E-state index contributed by atoms with van der Waals surface area (Å²) in [5.41, 5.74) is 11.4. The van der Waals surface area contributed by atoms with Gasteiger partial charge in [-0.25, -0.2) is 4.98 Å². The number of benzene rings is 1. The van der Waals surface area contributed by atoms with E-state index in [0.717, 1.165) is 40.9 Å². The summed E-state index contributed by atoms with van der Waals surface area (Å²) in [6.07, 6.45) is 4.33. The number of nitrogen functional groups attached to an aromatic ring is 1. The molecule has 0 atom stereocenters. The van der Waals surface area contributed by atoms with Gasteiger partial charge in [0, 0.05) is 27.1 Å². The number of nitrogens with zero attached hydrogens (tertiary/aromatic N) is 1. The third kappa shape index (κ3) is 3.03. The van der Waals surface area contributed by atoms with E-state index in [0.29, 0.717) is 16.1 Å². The number of pyridine rings is 1. The summed E-state index contributed by atoms with van der Waals surface area (Å²) in [6.45, 7) is 0. The van der Waals surface area contributed by atoms with E-state index >= 15 is 0 Å². The maximum Gasteiger partial charge on any atom is 0.205 e. The molecule has 6 heteroatoms. The summed E-state index contributed by atoms with van der Waals surface area (Å²) in [6, 6.07) is 11.4. The van der Waals surface area contributed by atoms with Crippen molar-refractivity contribution in [1.82, 2.24) is 4.98 Å².